The smallest absolute Gasteiger partial charge is 0.218 e. The number of aromatic nitrogens is 2. The van der Waals surface area contributed by atoms with Crippen molar-refractivity contribution in [3.63, 3.8) is 0 Å². The molecule has 1 heterocycles. The van der Waals surface area contributed by atoms with Crippen LogP contribution in [-0.4, -0.2) is 28.6 Å². The van der Waals surface area contributed by atoms with Crippen LogP contribution in [0.2, 0.25) is 5.02 Å². The van der Waals surface area contributed by atoms with E-state index in [4.69, 9.17) is 31.8 Å². The first-order chi connectivity index (χ1) is 17.4. The van der Waals surface area contributed by atoms with E-state index in [2.05, 4.69) is 4.98 Å². The molecule has 1 aliphatic rings. The molecule has 1 saturated carbocycles. The number of para-hydroxylation sites is 1. The van der Waals surface area contributed by atoms with Crippen LogP contribution >= 0.6 is 11.6 Å². The van der Waals surface area contributed by atoms with Crippen LogP contribution in [0.1, 0.15) is 50.4 Å². The molecule has 5 rings (SSSR count). The van der Waals surface area contributed by atoms with Gasteiger partial charge in [-0.25, -0.2) is 4.98 Å². The summed E-state index contributed by atoms with van der Waals surface area (Å²) in [6.07, 6.45) is 2.65. The SMILES string of the molecule is CC(C)Oc1ccccc1-c1cc2[nH]c(C(CC(N)=O)c3ccc(OCC4CC4)cc3)nc2cc1Cl. The Hall–Kier alpha value is -3.51. The van der Waals surface area contributed by atoms with Gasteiger partial charge in [0.1, 0.15) is 17.3 Å². The lowest BCUT2D eigenvalue weighted by Crippen LogP contribution is -2.17. The third-order valence-electron chi connectivity index (χ3n) is 6.33. The number of imidazole rings is 1. The number of primary amides is 1. The first-order valence-corrected chi connectivity index (χ1v) is 12.7. The molecule has 0 spiro atoms. The lowest BCUT2D eigenvalue weighted by atomic mass is 9.94. The molecule has 7 heteroatoms. The summed E-state index contributed by atoms with van der Waals surface area (Å²) in [6, 6.07) is 19.5. The molecule has 0 saturated heterocycles. The standard InChI is InChI=1S/C29H30ClN3O3/c1-17(2)36-27-6-4-3-5-21(27)23-13-25-26(15-24(23)30)33-29(32-25)22(14-28(31)34)19-9-11-20(12-10-19)35-16-18-7-8-18/h3-6,9-13,15,17-18,22H,7-8,14,16H2,1-2H3,(H2,31,34)(H,32,33). The van der Waals surface area contributed by atoms with Gasteiger partial charge in [0.25, 0.3) is 0 Å². The van der Waals surface area contributed by atoms with Crippen molar-refractivity contribution < 1.29 is 14.3 Å². The first kappa shape index (κ1) is 24.2. The average Bonchev–Trinajstić information content (AvgIpc) is 3.59. The molecule has 1 aromatic heterocycles. The zero-order valence-corrected chi connectivity index (χ0v) is 21.2. The first-order valence-electron chi connectivity index (χ1n) is 12.3. The molecule has 6 nitrogen and oxygen atoms in total. The van der Waals surface area contributed by atoms with Crippen LogP contribution < -0.4 is 15.2 Å². The van der Waals surface area contributed by atoms with E-state index >= 15 is 0 Å². The second-order valence-electron chi connectivity index (χ2n) is 9.68. The second kappa shape index (κ2) is 10.2. The summed E-state index contributed by atoms with van der Waals surface area (Å²) >= 11 is 6.71. The number of aromatic amines is 1. The molecule has 36 heavy (non-hydrogen) atoms. The molecule has 1 fully saturated rings. The molecule has 1 atom stereocenters. The molecular formula is C29H30ClN3O3. The molecule has 1 unspecified atom stereocenters. The topological polar surface area (TPSA) is 90.2 Å². The van der Waals surface area contributed by atoms with Crippen molar-refractivity contribution in [1.29, 1.82) is 0 Å². The molecule has 1 aliphatic carbocycles. The summed E-state index contributed by atoms with van der Waals surface area (Å²) in [5.41, 5.74) is 9.86. The Morgan fingerprint density at radius 2 is 1.86 bits per heavy atom. The Morgan fingerprint density at radius 3 is 2.56 bits per heavy atom. The van der Waals surface area contributed by atoms with E-state index in [1.54, 1.807) is 0 Å². The molecule has 0 aliphatic heterocycles. The zero-order valence-electron chi connectivity index (χ0n) is 20.5. The maximum Gasteiger partial charge on any atom is 0.218 e. The molecule has 0 bridgehead atoms. The van der Waals surface area contributed by atoms with Crippen molar-refractivity contribution in [3.05, 3.63) is 77.1 Å². The fourth-order valence-corrected chi connectivity index (χ4v) is 4.60. The minimum atomic E-state index is -0.395. The van der Waals surface area contributed by atoms with Gasteiger partial charge in [0, 0.05) is 17.5 Å². The lowest BCUT2D eigenvalue weighted by Gasteiger charge is -2.15. The monoisotopic (exact) mass is 503 g/mol. The number of hydrogen-bond donors (Lipinski definition) is 2. The van der Waals surface area contributed by atoms with E-state index in [1.807, 2.05) is 74.5 Å². The van der Waals surface area contributed by atoms with E-state index in [9.17, 15) is 4.79 Å². The number of H-pyrrole nitrogens is 1. The van der Waals surface area contributed by atoms with Gasteiger partial charge in [-0.05, 0) is 68.5 Å². The van der Waals surface area contributed by atoms with Crippen molar-refractivity contribution in [1.82, 2.24) is 9.97 Å². The maximum atomic E-state index is 12.0. The number of halogens is 1. The predicted molar refractivity (Wildman–Crippen MR) is 143 cm³/mol. The summed E-state index contributed by atoms with van der Waals surface area (Å²) in [5, 5.41) is 0.573. The Labute approximate surface area is 215 Å². The van der Waals surface area contributed by atoms with Gasteiger partial charge < -0.3 is 20.2 Å². The molecule has 3 N–H and O–H groups in total. The van der Waals surface area contributed by atoms with Gasteiger partial charge in [-0.2, -0.15) is 0 Å². The van der Waals surface area contributed by atoms with E-state index in [1.165, 1.54) is 12.8 Å². The van der Waals surface area contributed by atoms with E-state index in [0.717, 1.165) is 45.8 Å². The van der Waals surface area contributed by atoms with Crippen molar-refractivity contribution >= 4 is 28.5 Å². The number of hydrogen-bond acceptors (Lipinski definition) is 4. The molecular weight excluding hydrogens is 474 g/mol. The van der Waals surface area contributed by atoms with Crippen molar-refractivity contribution in [2.75, 3.05) is 6.61 Å². The van der Waals surface area contributed by atoms with E-state index in [0.29, 0.717) is 16.8 Å². The van der Waals surface area contributed by atoms with Crippen LogP contribution in [0.25, 0.3) is 22.2 Å². The number of carbonyl (C=O) groups excluding carboxylic acids is 1. The van der Waals surface area contributed by atoms with Gasteiger partial charge >= 0.3 is 0 Å². The van der Waals surface area contributed by atoms with Gasteiger partial charge in [0.15, 0.2) is 0 Å². The van der Waals surface area contributed by atoms with Crippen molar-refractivity contribution in [3.8, 4) is 22.6 Å². The summed E-state index contributed by atoms with van der Waals surface area (Å²) in [6.45, 7) is 4.74. The highest BCUT2D eigenvalue weighted by molar-refractivity contribution is 6.34. The van der Waals surface area contributed by atoms with Gasteiger partial charge in [0.05, 0.1) is 34.7 Å². The van der Waals surface area contributed by atoms with Gasteiger partial charge in [0.2, 0.25) is 5.91 Å². The van der Waals surface area contributed by atoms with E-state index in [-0.39, 0.29) is 18.4 Å². The van der Waals surface area contributed by atoms with Crippen LogP contribution in [0.3, 0.4) is 0 Å². The lowest BCUT2D eigenvalue weighted by molar-refractivity contribution is -0.118. The van der Waals surface area contributed by atoms with Crippen molar-refractivity contribution in [2.24, 2.45) is 11.7 Å². The molecule has 186 valence electrons. The highest BCUT2D eigenvalue weighted by Crippen LogP contribution is 2.38. The molecule has 0 radical (unpaired) electrons. The largest absolute Gasteiger partial charge is 0.493 e. The van der Waals surface area contributed by atoms with Gasteiger partial charge in [-0.1, -0.05) is 41.9 Å². The second-order valence-corrected chi connectivity index (χ2v) is 10.1. The summed E-state index contributed by atoms with van der Waals surface area (Å²) in [4.78, 5) is 20.2. The minimum Gasteiger partial charge on any atom is -0.493 e. The van der Waals surface area contributed by atoms with Crippen molar-refractivity contribution in [2.45, 2.75) is 45.1 Å². The fraction of sp³-hybridized carbons (Fsp3) is 0.310. The minimum absolute atomic E-state index is 0.0347. The number of amides is 1. The average molecular weight is 504 g/mol. The third-order valence-corrected chi connectivity index (χ3v) is 6.64. The van der Waals surface area contributed by atoms with Crippen LogP contribution in [0, 0.1) is 5.92 Å². The summed E-state index contributed by atoms with van der Waals surface area (Å²) in [7, 11) is 0. The Kier molecular flexibility index (Phi) is 6.88. The molecule has 3 aromatic carbocycles. The molecule has 4 aromatic rings. The number of nitrogens with one attached hydrogen (secondary N) is 1. The highest BCUT2D eigenvalue weighted by atomic mass is 35.5. The number of ether oxygens (including phenoxy) is 2. The van der Waals surface area contributed by atoms with E-state index < -0.39 is 5.91 Å². The number of benzene rings is 3. The molecule has 1 amide bonds. The van der Waals surface area contributed by atoms with Crippen LogP contribution in [0.5, 0.6) is 11.5 Å². The number of fused-ring (bicyclic) bond motifs is 1. The Bertz CT molecular complexity index is 1380. The highest BCUT2D eigenvalue weighted by Gasteiger charge is 2.23. The zero-order chi connectivity index (χ0) is 25.2. The normalized spacial score (nSPS) is 14.2. The quantitative estimate of drug-likeness (QED) is 0.259. The Balaban J connectivity index is 1.48. The fourth-order valence-electron chi connectivity index (χ4n) is 4.34. The third kappa shape index (κ3) is 5.49. The maximum absolute atomic E-state index is 12.0. The predicted octanol–water partition coefficient (Wildman–Crippen LogP) is 6.47. The van der Waals surface area contributed by atoms with Crippen LogP contribution in [0.15, 0.2) is 60.7 Å². The van der Waals surface area contributed by atoms with Gasteiger partial charge in [-0.15, -0.1) is 0 Å². The van der Waals surface area contributed by atoms with Gasteiger partial charge in [-0.3, -0.25) is 4.79 Å². The van der Waals surface area contributed by atoms with Crippen LogP contribution in [0.4, 0.5) is 0 Å². The summed E-state index contributed by atoms with van der Waals surface area (Å²) < 4.78 is 11.9. The number of rotatable bonds is 10. The number of nitrogens with zero attached hydrogens (tertiary/aromatic N) is 1. The van der Waals surface area contributed by atoms with Crippen LogP contribution in [-0.2, 0) is 4.79 Å². The number of carbonyl (C=O) groups is 1. The Morgan fingerprint density at radius 1 is 1.11 bits per heavy atom. The number of nitrogens with two attached hydrogens (primary N) is 1. The summed E-state index contributed by atoms with van der Waals surface area (Å²) in [5.74, 6) is 2.23.